The highest BCUT2D eigenvalue weighted by atomic mass is 35.5. The van der Waals surface area contributed by atoms with Crippen LogP contribution in [0.3, 0.4) is 0 Å². The van der Waals surface area contributed by atoms with Crippen molar-refractivity contribution in [2.75, 3.05) is 30.5 Å². The van der Waals surface area contributed by atoms with Gasteiger partial charge in [0.05, 0.1) is 6.20 Å². The lowest BCUT2D eigenvalue weighted by Crippen LogP contribution is -2.14. The molecule has 0 aliphatic carbocycles. The molecule has 2 rings (SSSR count). The highest BCUT2D eigenvalue weighted by Gasteiger charge is 2.14. The summed E-state index contributed by atoms with van der Waals surface area (Å²) in [5.41, 5.74) is 0.646. The molecule has 0 radical (unpaired) electrons. The first-order chi connectivity index (χ1) is 11.0. The number of hydrogen-bond donors (Lipinski definition) is 0. The number of aldehydes is 1. The molecule has 2 aromatic rings. The van der Waals surface area contributed by atoms with Crippen LogP contribution in [0.15, 0.2) is 18.5 Å². The molecular weight excluding hydrogens is 357 g/mol. The number of nitrogens with zero attached hydrogens (tertiary/aromatic N) is 3. The molecule has 0 aliphatic heterocycles. The van der Waals surface area contributed by atoms with Crippen LogP contribution in [0.4, 0.5) is 9.39 Å². The summed E-state index contributed by atoms with van der Waals surface area (Å²) in [6.07, 6.45) is 6.37. The zero-order chi connectivity index (χ0) is 17.2. The molecule has 2 heterocycles. The fourth-order valence-corrected chi connectivity index (χ4v) is 3.18. The van der Waals surface area contributed by atoms with Gasteiger partial charge in [0.2, 0.25) is 0 Å². The van der Waals surface area contributed by atoms with Crippen molar-refractivity contribution in [3.8, 4) is 10.6 Å². The van der Waals surface area contributed by atoms with E-state index in [1.54, 1.807) is 18.0 Å². The lowest BCUT2D eigenvalue weighted by atomic mass is 10.3. The molecule has 23 heavy (non-hydrogen) atoms. The van der Waals surface area contributed by atoms with Crippen molar-refractivity contribution in [3.05, 3.63) is 29.4 Å². The molecule has 0 unspecified atom stereocenters. The Balaban J connectivity index is 0.000000379. The average molecular weight is 376 g/mol. The Kier molecular flexibility index (Phi) is 9.13. The summed E-state index contributed by atoms with van der Waals surface area (Å²) in [6, 6.07) is 1.40. The monoisotopic (exact) mass is 375 g/mol. The molecule has 0 saturated heterocycles. The maximum absolute atomic E-state index is 13.1. The number of thiazole rings is 1. The van der Waals surface area contributed by atoms with E-state index < -0.39 is 0 Å². The number of thioether (sulfide) groups is 1. The molecule has 2 aromatic heterocycles. The van der Waals surface area contributed by atoms with Crippen molar-refractivity contribution in [1.29, 1.82) is 0 Å². The fraction of sp³-hybridized carbons (Fsp3) is 0.400. The Labute approximate surface area is 149 Å². The molecule has 8 heteroatoms. The summed E-state index contributed by atoms with van der Waals surface area (Å²) in [5.74, 6) is 0.586. The zero-order valence-corrected chi connectivity index (χ0v) is 15.6. The molecule has 0 fully saturated rings. The highest BCUT2D eigenvalue weighted by Crippen LogP contribution is 2.36. The van der Waals surface area contributed by atoms with Crippen LogP contribution >= 0.6 is 34.7 Å². The maximum atomic E-state index is 13.1. The molecule has 4 nitrogen and oxygen atoms in total. The van der Waals surface area contributed by atoms with Gasteiger partial charge in [0, 0.05) is 31.8 Å². The molecule has 0 saturated carbocycles. The summed E-state index contributed by atoms with van der Waals surface area (Å²) < 4.78 is 13.1. The Morgan fingerprint density at radius 3 is 2.74 bits per heavy atom. The van der Waals surface area contributed by atoms with E-state index in [2.05, 4.69) is 9.97 Å². The fourth-order valence-electron chi connectivity index (χ4n) is 1.49. The minimum atomic E-state index is -0.376. The van der Waals surface area contributed by atoms with Crippen molar-refractivity contribution >= 4 is 46.0 Å². The van der Waals surface area contributed by atoms with Gasteiger partial charge < -0.3 is 9.69 Å². The number of rotatable bonds is 6. The third-order valence-corrected chi connectivity index (χ3v) is 5.02. The van der Waals surface area contributed by atoms with Gasteiger partial charge in [-0.05, 0) is 25.0 Å². The van der Waals surface area contributed by atoms with E-state index in [1.165, 1.54) is 17.4 Å². The van der Waals surface area contributed by atoms with E-state index in [1.807, 2.05) is 25.1 Å². The van der Waals surface area contributed by atoms with Crippen molar-refractivity contribution in [1.82, 2.24) is 9.97 Å². The van der Waals surface area contributed by atoms with Crippen molar-refractivity contribution in [2.24, 2.45) is 0 Å². The van der Waals surface area contributed by atoms with Crippen molar-refractivity contribution in [2.45, 2.75) is 13.3 Å². The second kappa shape index (κ2) is 10.6. The molecule has 0 bridgehead atoms. The Bertz CT molecular complexity index is 625. The van der Waals surface area contributed by atoms with Crippen LogP contribution in [-0.4, -0.2) is 41.9 Å². The number of pyridine rings is 1. The number of hydrogen-bond acceptors (Lipinski definition) is 6. The number of anilines is 1. The van der Waals surface area contributed by atoms with Gasteiger partial charge in [-0.25, -0.2) is 9.37 Å². The third kappa shape index (κ3) is 6.45. The third-order valence-electron chi connectivity index (χ3n) is 2.78. The van der Waals surface area contributed by atoms with Gasteiger partial charge in [-0.15, -0.1) is 0 Å². The largest absolute Gasteiger partial charge is 0.364 e. The SMILES string of the molecule is CCN(C)c1sc(-c2cncc(F)c2)nc1Cl.CSCCC=O. The van der Waals surface area contributed by atoms with E-state index in [9.17, 15) is 9.18 Å². The van der Waals surface area contributed by atoms with Crippen LogP contribution in [0.5, 0.6) is 0 Å². The van der Waals surface area contributed by atoms with E-state index in [-0.39, 0.29) is 5.82 Å². The predicted octanol–water partition coefficient (Wildman–Crippen LogP) is 4.39. The van der Waals surface area contributed by atoms with Crippen LogP contribution in [0.25, 0.3) is 10.6 Å². The summed E-state index contributed by atoms with van der Waals surface area (Å²) in [6.45, 7) is 2.86. The summed E-state index contributed by atoms with van der Waals surface area (Å²) in [7, 11) is 1.94. The number of halogens is 2. The standard InChI is InChI=1S/C11H11ClFN3S.C4H8OS/c1-3-16(2)11-9(12)15-10(17-11)7-4-8(13)6-14-5-7;1-6-4-2-3-5/h4-6H,3H2,1-2H3;3H,2,4H2,1H3. The minimum Gasteiger partial charge on any atom is -0.364 e. The van der Waals surface area contributed by atoms with E-state index in [0.29, 0.717) is 22.1 Å². The molecule has 0 aromatic carbocycles. The zero-order valence-electron chi connectivity index (χ0n) is 13.3. The number of carbonyl (C=O) groups is 1. The normalized spacial score (nSPS) is 9.96. The Morgan fingerprint density at radius 1 is 1.48 bits per heavy atom. The first kappa shape index (κ1) is 19.9. The van der Waals surface area contributed by atoms with Crippen LogP contribution in [0.2, 0.25) is 5.15 Å². The molecular formula is C15H19ClFN3OS2. The first-order valence-electron chi connectivity index (χ1n) is 6.94. The summed E-state index contributed by atoms with van der Waals surface area (Å²) in [5, 5.41) is 2.00. The van der Waals surface area contributed by atoms with Gasteiger partial charge in [0.25, 0.3) is 0 Å². The minimum absolute atomic E-state index is 0.376. The Morgan fingerprint density at radius 2 is 2.22 bits per heavy atom. The van der Waals surface area contributed by atoms with E-state index in [0.717, 1.165) is 29.8 Å². The molecule has 0 atom stereocenters. The Hall–Kier alpha value is -1.18. The quantitative estimate of drug-likeness (QED) is 0.553. The van der Waals surface area contributed by atoms with Gasteiger partial charge in [-0.1, -0.05) is 22.9 Å². The van der Waals surface area contributed by atoms with Gasteiger partial charge in [0.1, 0.15) is 22.1 Å². The van der Waals surface area contributed by atoms with E-state index >= 15 is 0 Å². The second-order valence-electron chi connectivity index (χ2n) is 4.47. The number of aromatic nitrogens is 2. The average Bonchev–Trinajstić information content (AvgIpc) is 2.94. The first-order valence-corrected chi connectivity index (χ1v) is 9.53. The van der Waals surface area contributed by atoms with Gasteiger partial charge in [-0.3, -0.25) is 4.98 Å². The lowest BCUT2D eigenvalue weighted by Gasteiger charge is -2.13. The van der Waals surface area contributed by atoms with Gasteiger partial charge in [0.15, 0.2) is 5.15 Å². The molecule has 0 spiro atoms. The predicted molar refractivity (Wildman–Crippen MR) is 98.3 cm³/mol. The highest BCUT2D eigenvalue weighted by molar-refractivity contribution is 7.98. The summed E-state index contributed by atoms with van der Waals surface area (Å²) >= 11 is 9.18. The van der Waals surface area contributed by atoms with Crippen molar-refractivity contribution in [3.63, 3.8) is 0 Å². The van der Waals surface area contributed by atoms with Crippen LogP contribution in [-0.2, 0) is 4.79 Å². The topological polar surface area (TPSA) is 46.1 Å². The molecule has 0 amide bonds. The molecule has 126 valence electrons. The van der Waals surface area contributed by atoms with Crippen LogP contribution < -0.4 is 4.90 Å². The summed E-state index contributed by atoms with van der Waals surface area (Å²) in [4.78, 5) is 19.6. The number of carbonyl (C=O) groups excluding carboxylic acids is 1. The van der Waals surface area contributed by atoms with Crippen LogP contribution in [0.1, 0.15) is 13.3 Å². The second-order valence-corrected chi connectivity index (χ2v) is 6.79. The van der Waals surface area contributed by atoms with Crippen LogP contribution in [0, 0.1) is 5.82 Å². The van der Waals surface area contributed by atoms with Gasteiger partial charge in [-0.2, -0.15) is 11.8 Å². The van der Waals surface area contributed by atoms with E-state index in [4.69, 9.17) is 11.6 Å². The maximum Gasteiger partial charge on any atom is 0.164 e. The molecule has 0 N–H and O–H groups in total. The molecule has 0 aliphatic rings. The lowest BCUT2D eigenvalue weighted by molar-refractivity contribution is -0.107. The van der Waals surface area contributed by atoms with Crippen molar-refractivity contribution < 1.29 is 9.18 Å². The smallest absolute Gasteiger partial charge is 0.164 e. The van der Waals surface area contributed by atoms with Gasteiger partial charge >= 0.3 is 0 Å².